The molecule has 0 aliphatic heterocycles. The second kappa shape index (κ2) is 6.86. The topological polar surface area (TPSA) is 82.9 Å². The van der Waals surface area contributed by atoms with Crippen LogP contribution in [-0.4, -0.2) is 11.0 Å². The molecule has 1 amide bonds. The summed E-state index contributed by atoms with van der Waals surface area (Å²) >= 11 is 0.586. The molecule has 0 atom stereocenters. The zero-order valence-electron chi connectivity index (χ0n) is 9.89. The second-order valence-corrected chi connectivity index (χ2v) is 4.58. The van der Waals surface area contributed by atoms with E-state index < -0.39 is 23.1 Å². The number of benzene rings is 1. The normalized spacial score (nSPS) is 9.84. The Morgan fingerprint density at radius 2 is 2.05 bits per heavy atom. The molecule has 0 heterocycles. The van der Waals surface area contributed by atoms with Crippen LogP contribution in [0.4, 0.5) is 8.78 Å². The maximum atomic E-state index is 13.5. The lowest BCUT2D eigenvalue weighted by Crippen LogP contribution is -2.01. The first-order chi connectivity index (χ1) is 8.99. The molecule has 0 saturated heterocycles. The third-order valence-electron chi connectivity index (χ3n) is 2.07. The van der Waals surface area contributed by atoms with Crippen LogP contribution in [0.2, 0.25) is 0 Å². The predicted molar refractivity (Wildman–Crippen MR) is 65.6 cm³/mol. The van der Waals surface area contributed by atoms with Gasteiger partial charge < -0.3 is 0 Å². The quantitative estimate of drug-likeness (QED) is 0.364. The molecule has 100 valence electrons. The van der Waals surface area contributed by atoms with Gasteiger partial charge in [0, 0.05) is 17.4 Å². The minimum Gasteiger partial charge on any atom is -0.287 e. The molecule has 1 aromatic carbocycles. The third-order valence-corrected chi connectivity index (χ3v) is 3.03. The van der Waals surface area contributed by atoms with Crippen molar-refractivity contribution >= 4 is 22.8 Å². The second-order valence-electron chi connectivity index (χ2n) is 3.48. The van der Waals surface area contributed by atoms with Gasteiger partial charge in [0.1, 0.15) is 11.6 Å². The first-order valence-corrected chi connectivity index (χ1v) is 6.10. The molecule has 0 N–H and O–H groups in total. The Morgan fingerprint density at radius 1 is 1.37 bits per heavy atom. The summed E-state index contributed by atoms with van der Waals surface area (Å²) in [5, 5.41) is 2.43. The largest absolute Gasteiger partial charge is 0.287 e. The highest BCUT2D eigenvalue weighted by molar-refractivity contribution is 8.13. The lowest BCUT2D eigenvalue weighted by atomic mass is 10.2. The molecule has 0 bridgehead atoms. The fourth-order valence-electron chi connectivity index (χ4n) is 1.24. The van der Waals surface area contributed by atoms with E-state index in [-0.39, 0.29) is 16.4 Å². The van der Waals surface area contributed by atoms with E-state index in [2.05, 4.69) is 10.0 Å². The van der Waals surface area contributed by atoms with Gasteiger partial charge in [0.15, 0.2) is 5.12 Å². The molecule has 0 radical (unpaired) electrons. The number of thioether (sulfide) groups is 1. The van der Waals surface area contributed by atoms with Crippen LogP contribution in [0.15, 0.2) is 22.1 Å². The van der Waals surface area contributed by atoms with E-state index in [1.807, 2.05) is 0 Å². The van der Waals surface area contributed by atoms with Crippen LogP contribution in [0, 0.1) is 11.6 Å². The van der Waals surface area contributed by atoms with Crippen LogP contribution in [-0.2, 0) is 4.79 Å². The highest BCUT2D eigenvalue weighted by Crippen LogP contribution is 2.27. The number of hydrogen-bond donors (Lipinski definition) is 0. The molecule has 1 aromatic rings. The summed E-state index contributed by atoms with van der Waals surface area (Å²) in [6, 6.07) is 1.36. The van der Waals surface area contributed by atoms with Gasteiger partial charge in [0.25, 0.3) is 5.91 Å². The van der Waals surface area contributed by atoms with Crippen LogP contribution in [0.3, 0.4) is 0 Å². The molecular formula is C11H9F2N3O2S. The molecular weight excluding hydrogens is 276 g/mol. The Labute approximate surface area is 111 Å². The van der Waals surface area contributed by atoms with Crippen LogP contribution >= 0.6 is 11.8 Å². The van der Waals surface area contributed by atoms with Gasteiger partial charge in [0.2, 0.25) is 0 Å². The van der Waals surface area contributed by atoms with Crippen molar-refractivity contribution in [3.63, 3.8) is 0 Å². The number of carbonyl (C=O) groups excluding carboxylic acids is 2. The van der Waals surface area contributed by atoms with Crippen molar-refractivity contribution in [1.82, 2.24) is 0 Å². The van der Waals surface area contributed by atoms with E-state index in [0.717, 1.165) is 6.07 Å². The zero-order valence-corrected chi connectivity index (χ0v) is 10.7. The first kappa shape index (κ1) is 15.1. The van der Waals surface area contributed by atoms with Gasteiger partial charge >= 0.3 is 0 Å². The third kappa shape index (κ3) is 4.04. The van der Waals surface area contributed by atoms with Crippen molar-refractivity contribution in [2.75, 3.05) is 0 Å². The van der Waals surface area contributed by atoms with Crippen molar-refractivity contribution in [3.8, 4) is 0 Å². The molecule has 0 spiro atoms. The van der Waals surface area contributed by atoms with Crippen molar-refractivity contribution in [1.29, 1.82) is 0 Å². The molecule has 0 aliphatic rings. The SMILES string of the molecule is CCCC(=O)Sc1cc(C(=O)N=[N+]=[N-])c(F)cc1F. The zero-order chi connectivity index (χ0) is 14.4. The van der Waals surface area contributed by atoms with Crippen molar-refractivity contribution in [2.24, 2.45) is 5.11 Å². The van der Waals surface area contributed by atoms with E-state index >= 15 is 0 Å². The highest BCUT2D eigenvalue weighted by atomic mass is 32.2. The molecule has 0 aromatic heterocycles. The molecule has 1 rings (SSSR count). The van der Waals surface area contributed by atoms with Gasteiger partial charge in [-0.1, -0.05) is 6.92 Å². The first-order valence-electron chi connectivity index (χ1n) is 5.28. The number of nitrogens with zero attached hydrogens (tertiary/aromatic N) is 3. The Bertz CT molecular complexity index is 571. The molecule has 0 aliphatic carbocycles. The highest BCUT2D eigenvalue weighted by Gasteiger charge is 2.17. The summed E-state index contributed by atoms with van der Waals surface area (Å²) < 4.78 is 26.8. The van der Waals surface area contributed by atoms with E-state index in [1.165, 1.54) is 0 Å². The smallest absolute Gasteiger partial charge is 0.252 e. The Balaban J connectivity index is 3.12. The minimum atomic E-state index is -1.16. The fraction of sp³-hybridized carbons (Fsp3) is 0.273. The Morgan fingerprint density at radius 3 is 2.63 bits per heavy atom. The average Bonchev–Trinajstić information content (AvgIpc) is 2.33. The maximum Gasteiger partial charge on any atom is 0.252 e. The maximum absolute atomic E-state index is 13.5. The van der Waals surface area contributed by atoms with E-state index in [0.29, 0.717) is 24.2 Å². The standard InChI is InChI=1S/C11H9F2N3O2S/c1-2-3-10(17)19-9-4-6(11(18)15-16-14)7(12)5-8(9)13/h4-5H,2-3H2,1H3. The van der Waals surface area contributed by atoms with E-state index in [9.17, 15) is 18.4 Å². The minimum absolute atomic E-state index is 0.170. The lowest BCUT2D eigenvalue weighted by Gasteiger charge is -2.05. The number of hydrogen-bond acceptors (Lipinski definition) is 3. The molecule has 0 saturated carbocycles. The number of carbonyl (C=O) groups is 2. The molecule has 8 heteroatoms. The Kier molecular flexibility index (Phi) is 5.47. The molecule has 19 heavy (non-hydrogen) atoms. The van der Waals surface area contributed by atoms with Crippen molar-refractivity contribution < 1.29 is 18.4 Å². The molecule has 0 fully saturated rings. The number of azide groups is 1. The van der Waals surface area contributed by atoms with Crippen molar-refractivity contribution in [3.05, 3.63) is 39.8 Å². The van der Waals surface area contributed by atoms with Gasteiger partial charge in [-0.3, -0.25) is 9.59 Å². The summed E-state index contributed by atoms with van der Waals surface area (Å²) in [6.07, 6.45) is 0.834. The monoisotopic (exact) mass is 285 g/mol. The van der Waals surface area contributed by atoms with Gasteiger partial charge in [0.05, 0.1) is 10.5 Å². The van der Waals surface area contributed by atoms with Crippen LogP contribution in [0.25, 0.3) is 10.4 Å². The van der Waals surface area contributed by atoms with Gasteiger partial charge in [-0.2, -0.15) is 0 Å². The number of amides is 1. The van der Waals surface area contributed by atoms with E-state index in [4.69, 9.17) is 5.53 Å². The fourth-order valence-corrected chi connectivity index (χ4v) is 2.13. The number of halogens is 2. The van der Waals surface area contributed by atoms with E-state index in [1.54, 1.807) is 6.92 Å². The Hall–Kier alpha value is -1.92. The molecule has 0 unspecified atom stereocenters. The van der Waals surface area contributed by atoms with Crippen LogP contribution < -0.4 is 0 Å². The summed E-state index contributed by atoms with van der Waals surface area (Å²) in [7, 11) is 0. The van der Waals surface area contributed by atoms with Crippen LogP contribution in [0.1, 0.15) is 30.1 Å². The lowest BCUT2D eigenvalue weighted by molar-refractivity contribution is -0.111. The van der Waals surface area contributed by atoms with Crippen molar-refractivity contribution in [2.45, 2.75) is 24.7 Å². The van der Waals surface area contributed by atoms with Crippen LogP contribution in [0.5, 0.6) is 0 Å². The predicted octanol–water partition coefficient (Wildman–Crippen LogP) is 3.83. The summed E-state index contributed by atoms with van der Waals surface area (Å²) in [5.74, 6) is -3.24. The average molecular weight is 285 g/mol. The van der Waals surface area contributed by atoms with Gasteiger partial charge in [-0.25, -0.2) is 8.78 Å². The number of rotatable bonds is 4. The van der Waals surface area contributed by atoms with Gasteiger partial charge in [-0.05, 0) is 34.9 Å². The summed E-state index contributed by atoms with van der Waals surface area (Å²) in [4.78, 5) is 24.7. The molecule has 5 nitrogen and oxygen atoms in total. The summed E-state index contributed by atoms with van der Waals surface area (Å²) in [6.45, 7) is 1.79. The summed E-state index contributed by atoms with van der Waals surface area (Å²) in [5.41, 5.74) is 7.55. The van der Waals surface area contributed by atoms with Gasteiger partial charge in [-0.15, -0.1) is 0 Å².